The molecule has 1 aromatic rings. The quantitative estimate of drug-likeness (QED) is 0.900. The molecule has 118 valence electrons. The van der Waals surface area contributed by atoms with Crippen molar-refractivity contribution in [3.05, 3.63) is 29.6 Å². The molecule has 0 aliphatic rings. The van der Waals surface area contributed by atoms with Gasteiger partial charge in [0.15, 0.2) is 0 Å². The van der Waals surface area contributed by atoms with Gasteiger partial charge in [-0.1, -0.05) is 27.7 Å². The van der Waals surface area contributed by atoms with E-state index < -0.39 is 17.6 Å². The number of alkyl halides is 3. The minimum atomic E-state index is -4.44. The first-order valence-corrected chi connectivity index (χ1v) is 6.94. The number of nitrogens with zero attached hydrogens (tertiary/aromatic N) is 1. The Balaban J connectivity index is 2.68. The molecule has 1 amide bonds. The standard InChI is InChI=1S/C15H21F3N2O/c1-9(2)12(10(3)4)8-20-14(21)13-6-5-11(7-19-13)15(16,17)18/h5-7,9-10,12H,8H2,1-4H3,(H,20,21). The van der Waals surface area contributed by atoms with Gasteiger partial charge in [-0.2, -0.15) is 13.2 Å². The van der Waals surface area contributed by atoms with E-state index in [9.17, 15) is 18.0 Å². The smallest absolute Gasteiger partial charge is 0.350 e. The van der Waals surface area contributed by atoms with Crippen LogP contribution in [-0.4, -0.2) is 17.4 Å². The minimum absolute atomic E-state index is 0.00531. The summed E-state index contributed by atoms with van der Waals surface area (Å²) in [6.07, 6.45) is -3.76. The van der Waals surface area contributed by atoms with Gasteiger partial charge in [0.25, 0.3) is 5.91 Å². The van der Waals surface area contributed by atoms with Crippen molar-refractivity contribution in [2.45, 2.75) is 33.9 Å². The van der Waals surface area contributed by atoms with E-state index in [2.05, 4.69) is 38.0 Å². The number of hydrogen-bond acceptors (Lipinski definition) is 2. The van der Waals surface area contributed by atoms with Gasteiger partial charge in [0.2, 0.25) is 0 Å². The first kappa shape index (κ1) is 17.5. The molecular formula is C15H21F3N2O. The van der Waals surface area contributed by atoms with Gasteiger partial charge in [0.05, 0.1) is 5.56 Å². The second kappa shape index (κ2) is 6.91. The van der Waals surface area contributed by atoms with Gasteiger partial charge in [-0.05, 0) is 29.9 Å². The van der Waals surface area contributed by atoms with E-state index in [0.29, 0.717) is 30.5 Å². The highest BCUT2D eigenvalue weighted by Crippen LogP contribution is 2.28. The maximum atomic E-state index is 12.4. The Bertz CT molecular complexity index is 459. The summed E-state index contributed by atoms with van der Waals surface area (Å²) in [5, 5.41) is 2.74. The molecular weight excluding hydrogens is 281 g/mol. The van der Waals surface area contributed by atoms with Gasteiger partial charge in [-0.15, -0.1) is 0 Å². The Hall–Kier alpha value is -1.59. The zero-order valence-corrected chi connectivity index (χ0v) is 12.7. The molecule has 0 radical (unpaired) electrons. The molecule has 0 spiro atoms. The van der Waals surface area contributed by atoms with Crippen LogP contribution in [0.1, 0.15) is 43.7 Å². The third-order valence-electron chi connectivity index (χ3n) is 3.53. The average molecular weight is 302 g/mol. The molecule has 0 atom stereocenters. The Morgan fingerprint density at radius 1 is 1.19 bits per heavy atom. The molecule has 6 heteroatoms. The fourth-order valence-electron chi connectivity index (χ4n) is 2.24. The van der Waals surface area contributed by atoms with E-state index in [0.717, 1.165) is 12.1 Å². The molecule has 0 bridgehead atoms. The van der Waals surface area contributed by atoms with Gasteiger partial charge in [0, 0.05) is 12.7 Å². The molecule has 1 heterocycles. The van der Waals surface area contributed by atoms with Gasteiger partial charge in [-0.3, -0.25) is 9.78 Å². The van der Waals surface area contributed by atoms with Crippen molar-refractivity contribution in [3.63, 3.8) is 0 Å². The Morgan fingerprint density at radius 3 is 2.14 bits per heavy atom. The van der Waals surface area contributed by atoms with Crippen LogP contribution in [0.5, 0.6) is 0 Å². The second-order valence-corrected chi connectivity index (χ2v) is 5.79. The summed E-state index contributed by atoms with van der Waals surface area (Å²) >= 11 is 0. The first-order chi connectivity index (χ1) is 9.62. The lowest BCUT2D eigenvalue weighted by atomic mass is 9.85. The van der Waals surface area contributed by atoms with E-state index in [1.165, 1.54) is 0 Å². The molecule has 0 unspecified atom stereocenters. The zero-order chi connectivity index (χ0) is 16.2. The number of pyridine rings is 1. The molecule has 0 fully saturated rings. The van der Waals surface area contributed by atoms with Crippen molar-refractivity contribution in [1.82, 2.24) is 10.3 Å². The van der Waals surface area contributed by atoms with Crippen LogP contribution < -0.4 is 5.32 Å². The predicted octanol–water partition coefficient (Wildman–Crippen LogP) is 3.76. The number of hydrogen-bond donors (Lipinski definition) is 1. The largest absolute Gasteiger partial charge is 0.417 e. The summed E-state index contributed by atoms with van der Waals surface area (Å²) in [4.78, 5) is 15.5. The molecule has 1 rings (SSSR count). The Labute approximate surface area is 123 Å². The molecule has 0 aromatic carbocycles. The first-order valence-electron chi connectivity index (χ1n) is 6.94. The topological polar surface area (TPSA) is 42.0 Å². The lowest BCUT2D eigenvalue weighted by Crippen LogP contribution is -2.34. The number of nitrogens with one attached hydrogen (secondary N) is 1. The molecule has 0 aliphatic heterocycles. The number of carbonyl (C=O) groups is 1. The van der Waals surface area contributed by atoms with Crippen molar-refractivity contribution in [1.29, 1.82) is 0 Å². The number of halogens is 3. The maximum Gasteiger partial charge on any atom is 0.417 e. The summed E-state index contributed by atoms with van der Waals surface area (Å²) in [7, 11) is 0. The Kier molecular flexibility index (Phi) is 5.75. The molecule has 3 nitrogen and oxygen atoms in total. The lowest BCUT2D eigenvalue weighted by molar-refractivity contribution is -0.137. The summed E-state index contributed by atoms with van der Waals surface area (Å²) < 4.78 is 37.2. The van der Waals surface area contributed by atoms with Gasteiger partial charge >= 0.3 is 6.18 Å². The van der Waals surface area contributed by atoms with Crippen LogP contribution in [0.2, 0.25) is 0 Å². The van der Waals surface area contributed by atoms with Gasteiger partial charge < -0.3 is 5.32 Å². The molecule has 0 saturated carbocycles. The van der Waals surface area contributed by atoms with E-state index in [-0.39, 0.29) is 5.69 Å². The highest BCUT2D eigenvalue weighted by Gasteiger charge is 2.31. The van der Waals surface area contributed by atoms with Crippen LogP contribution >= 0.6 is 0 Å². The summed E-state index contributed by atoms with van der Waals surface area (Å²) in [5.41, 5.74) is -0.865. The average Bonchev–Trinajstić information content (AvgIpc) is 2.37. The van der Waals surface area contributed by atoms with E-state index in [1.807, 2.05) is 0 Å². The fraction of sp³-hybridized carbons (Fsp3) is 0.600. The highest BCUT2D eigenvalue weighted by atomic mass is 19.4. The van der Waals surface area contributed by atoms with Crippen molar-refractivity contribution in [2.75, 3.05) is 6.54 Å². The van der Waals surface area contributed by atoms with Crippen LogP contribution in [0, 0.1) is 17.8 Å². The SMILES string of the molecule is CC(C)C(CNC(=O)c1ccc(C(F)(F)F)cn1)C(C)C. The molecule has 0 aliphatic carbocycles. The van der Waals surface area contributed by atoms with E-state index in [1.54, 1.807) is 0 Å². The monoisotopic (exact) mass is 302 g/mol. The predicted molar refractivity (Wildman–Crippen MR) is 74.7 cm³/mol. The Morgan fingerprint density at radius 2 is 1.76 bits per heavy atom. The number of rotatable bonds is 5. The van der Waals surface area contributed by atoms with E-state index >= 15 is 0 Å². The second-order valence-electron chi connectivity index (χ2n) is 5.79. The molecule has 1 N–H and O–H groups in total. The molecule has 1 aromatic heterocycles. The van der Waals surface area contributed by atoms with Crippen molar-refractivity contribution in [2.24, 2.45) is 17.8 Å². The maximum absolute atomic E-state index is 12.4. The fourth-order valence-corrected chi connectivity index (χ4v) is 2.24. The van der Waals surface area contributed by atoms with Crippen molar-refractivity contribution < 1.29 is 18.0 Å². The zero-order valence-electron chi connectivity index (χ0n) is 12.7. The van der Waals surface area contributed by atoms with Gasteiger partial charge in [-0.25, -0.2) is 0 Å². The normalized spacial score (nSPS) is 12.3. The highest BCUT2D eigenvalue weighted by molar-refractivity contribution is 5.92. The molecule has 21 heavy (non-hydrogen) atoms. The number of carbonyl (C=O) groups excluding carboxylic acids is 1. The summed E-state index contributed by atoms with van der Waals surface area (Å²) in [6, 6.07) is 1.96. The lowest BCUT2D eigenvalue weighted by Gasteiger charge is -2.24. The number of amides is 1. The summed E-state index contributed by atoms with van der Waals surface area (Å²) in [6.45, 7) is 8.79. The van der Waals surface area contributed by atoms with Gasteiger partial charge in [0.1, 0.15) is 5.69 Å². The summed E-state index contributed by atoms with van der Waals surface area (Å²) in [5.74, 6) is 0.676. The number of aromatic nitrogens is 1. The van der Waals surface area contributed by atoms with Crippen LogP contribution in [0.4, 0.5) is 13.2 Å². The van der Waals surface area contributed by atoms with Crippen LogP contribution in [0.3, 0.4) is 0 Å². The van der Waals surface area contributed by atoms with Crippen LogP contribution in [-0.2, 0) is 6.18 Å². The van der Waals surface area contributed by atoms with E-state index in [4.69, 9.17) is 0 Å². The minimum Gasteiger partial charge on any atom is -0.350 e. The van der Waals surface area contributed by atoms with Crippen LogP contribution in [0.25, 0.3) is 0 Å². The third kappa shape index (κ3) is 5.02. The molecule has 0 saturated heterocycles. The van der Waals surface area contributed by atoms with Crippen molar-refractivity contribution in [3.8, 4) is 0 Å². The third-order valence-corrected chi connectivity index (χ3v) is 3.53. The van der Waals surface area contributed by atoms with Crippen molar-refractivity contribution >= 4 is 5.91 Å². The van der Waals surface area contributed by atoms with Crippen LogP contribution in [0.15, 0.2) is 18.3 Å².